The normalized spacial score (nSPS) is 22.2. The summed E-state index contributed by atoms with van der Waals surface area (Å²) in [6, 6.07) is 27.2. The first-order chi connectivity index (χ1) is 21.9. The molecule has 4 aromatic rings. The van der Waals surface area contributed by atoms with E-state index in [2.05, 4.69) is 0 Å². The van der Waals surface area contributed by atoms with Gasteiger partial charge in [0.1, 0.15) is 17.5 Å². The molecule has 45 heavy (non-hydrogen) atoms. The summed E-state index contributed by atoms with van der Waals surface area (Å²) in [5, 5.41) is 0. The summed E-state index contributed by atoms with van der Waals surface area (Å²) in [6.45, 7) is 0.158. The number of hydrogen-bond donors (Lipinski definition) is 0. The molecular weight excluding hydrogens is 574 g/mol. The number of carbonyl (C=O) groups excluding carboxylic acids is 4. The molecule has 2 fully saturated rings. The Bertz CT molecular complexity index is 1760. The summed E-state index contributed by atoms with van der Waals surface area (Å²) >= 11 is 0. The Labute approximate surface area is 259 Å². The molecule has 7 rings (SSSR count). The van der Waals surface area contributed by atoms with Crippen LogP contribution in [0.2, 0.25) is 0 Å². The summed E-state index contributed by atoms with van der Waals surface area (Å²) in [5.41, 5.74) is 2.46. The first kappa shape index (κ1) is 28.3. The molecule has 226 valence electrons. The van der Waals surface area contributed by atoms with Gasteiger partial charge in [-0.25, -0.2) is 0 Å². The van der Waals surface area contributed by atoms with Crippen LogP contribution in [0.4, 0.5) is 11.4 Å². The standard InChI is InChI=1S/C35H29N3O7/c1-43-24-16-12-22(13-17-24)36-28(30(34(36)41)38-32(39)26-10-6-7-11-27(26)33(38)40)29-31(45-20-21-8-4-3-5-9-21)35(42)37(29)23-14-18-25(44-2)19-15-23/h3-19,28-31H,20H2,1-2H3/t28-,29-,30+,31+/m0/s1. The summed E-state index contributed by atoms with van der Waals surface area (Å²) in [6.07, 6.45) is -0.955. The summed E-state index contributed by atoms with van der Waals surface area (Å²) < 4.78 is 16.9. The van der Waals surface area contributed by atoms with Crippen molar-refractivity contribution >= 4 is 35.0 Å². The van der Waals surface area contributed by atoms with Crippen LogP contribution in [-0.4, -0.2) is 67.0 Å². The molecule has 0 saturated carbocycles. The van der Waals surface area contributed by atoms with Gasteiger partial charge in [0, 0.05) is 11.4 Å². The summed E-state index contributed by atoms with van der Waals surface area (Å²) in [7, 11) is 3.10. The molecule has 3 aliphatic heterocycles. The lowest BCUT2D eigenvalue weighted by Crippen LogP contribution is -2.84. The number of imide groups is 1. The number of benzene rings is 4. The molecule has 0 bridgehead atoms. The van der Waals surface area contributed by atoms with Crippen molar-refractivity contribution in [3.05, 3.63) is 120 Å². The van der Waals surface area contributed by atoms with Gasteiger partial charge in [-0.15, -0.1) is 0 Å². The van der Waals surface area contributed by atoms with E-state index < -0.39 is 42.0 Å². The topological polar surface area (TPSA) is 106 Å². The van der Waals surface area contributed by atoms with E-state index in [1.54, 1.807) is 96.8 Å². The number of anilines is 2. The number of hydrogen-bond acceptors (Lipinski definition) is 7. The van der Waals surface area contributed by atoms with Gasteiger partial charge in [-0.2, -0.15) is 0 Å². The Morgan fingerprint density at radius 2 is 1.04 bits per heavy atom. The van der Waals surface area contributed by atoms with Crippen LogP contribution in [0.15, 0.2) is 103 Å². The maximum absolute atomic E-state index is 14.1. The van der Waals surface area contributed by atoms with E-state index in [-0.39, 0.29) is 23.6 Å². The Morgan fingerprint density at radius 3 is 1.56 bits per heavy atom. The highest BCUT2D eigenvalue weighted by atomic mass is 16.5. The lowest BCUT2D eigenvalue weighted by molar-refractivity contribution is -0.149. The number of fused-ring (bicyclic) bond motifs is 1. The number of amides is 4. The molecule has 0 radical (unpaired) electrons. The average Bonchev–Trinajstić information content (AvgIpc) is 3.32. The van der Waals surface area contributed by atoms with Gasteiger partial charge in [-0.1, -0.05) is 42.5 Å². The zero-order chi connectivity index (χ0) is 31.2. The van der Waals surface area contributed by atoms with Crippen molar-refractivity contribution in [2.75, 3.05) is 24.0 Å². The third-order valence-corrected chi connectivity index (χ3v) is 8.63. The number of rotatable bonds is 9. The van der Waals surface area contributed by atoms with Crippen molar-refractivity contribution in [3.63, 3.8) is 0 Å². The van der Waals surface area contributed by atoms with E-state index in [1.165, 1.54) is 0 Å². The molecule has 0 aliphatic carbocycles. The van der Waals surface area contributed by atoms with Crippen LogP contribution < -0.4 is 19.3 Å². The molecule has 2 saturated heterocycles. The molecule has 0 N–H and O–H groups in total. The second-order valence-corrected chi connectivity index (χ2v) is 11.0. The maximum Gasteiger partial charge on any atom is 0.262 e. The smallest absolute Gasteiger partial charge is 0.262 e. The van der Waals surface area contributed by atoms with Gasteiger partial charge in [0.25, 0.3) is 23.6 Å². The minimum atomic E-state index is -1.17. The molecule has 4 aromatic carbocycles. The van der Waals surface area contributed by atoms with Gasteiger partial charge in [0.15, 0.2) is 6.10 Å². The van der Waals surface area contributed by atoms with Crippen molar-refractivity contribution in [2.45, 2.75) is 30.8 Å². The lowest BCUT2D eigenvalue weighted by Gasteiger charge is -2.59. The number of carbonyl (C=O) groups is 4. The van der Waals surface area contributed by atoms with E-state index in [1.807, 2.05) is 30.3 Å². The zero-order valence-corrected chi connectivity index (χ0v) is 24.5. The van der Waals surface area contributed by atoms with Gasteiger partial charge >= 0.3 is 0 Å². The van der Waals surface area contributed by atoms with Gasteiger partial charge in [-0.05, 0) is 66.2 Å². The minimum Gasteiger partial charge on any atom is -0.497 e. The fraction of sp³-hybridized carbons (Fsp3) is 0.200. The molecular formula is C35H29N3O7. The van der Waals surface area contributed by atoms with E-state index >= 15 is 0 Å². The SMILES string of the molecule is COc1ccc(N2C(=O)[C@H](OCc3ccccc3)[C@@H]2[C@H]2[C@@H](N3C(=O)c4ccccc4C3=O)C(=O)N2c2ccc(OC)cc2)cc1. The van der Waals surface area contributed by atoms with Crippen molar-refractivity contribution in [1.82, 2.24) is 4.90 Å². The fourth-order valence-electron chi connectivity index (χ4n) is 6.39. The fourth-order valence-corrected chi connectivity index (χ4v) is 6.39. The van der Waals surface area contributed by atoms with E-state index in [4.69, 9.17) is 14.2 Å². The summed E-state index contributed by atoms with van der Waals surface area (Å²) in [5.74, 6) is -0.606. The average molecular weight is 604 g/mol. The van der Waals surface area contributed by atoms with Crippen LogP contribution in [0.1, 0.15) is 26.3 Å². The van der Waals surface area contributed by atoms with E-state index in [9.17, 15) is 19.2 Å². The second kappa shape index (κ2) is 11.2. The molecule has 4 amide bonds. The molecule has 0 unspecified atom stereocenters. The zero-order valence-electron chi connectivity index (χ0n) is 24.5. The van der Waals surface area contributed by atoms with Crippen molar-refractivity contribution in [2.24, 2.45) is 0 Å². The van der Waals surface area contributed by atoms with Crippen LogP contribution in [0.5, 0.6) is 11.5 Å². The van der Waals surface area contributed by atoms with Crippen LogP contribution >= 0.6 is 0 Å². The highest BCUT2D eigenvalue weighted by Crippen LogP contribution is 2.44. The van der Waals surface area contributed by atoms with Crippen molar-refractivity contribution < 1.29 is 33.4 Å². The molecule has 10 heteroatoms. The van der Waals surface area contributed by atoms with E-state index in [0.717, 1.165) is 10.5 Å². The highest BCUT2D eigenvalue weighted by Gasteiger charge is 2.66. The van der Waals surface area contributed by atoms with Crippen molar-refractivity contribution in [1.29, 1.82) is 0 Å². The Balaban J connectivity index is 1.31. The predicted octanol–water partition coefficient (Wildman–Crippen LogP) is 4.08. The number of nitrogens with zero attached hydrogens (tertiary/aromatic N) is 3. The first-order valence-corrected chi connectivity index (χ1v) is 14.5. The van der Waals surface area contributed by atoms with Crippen LogP contribution in [0.3, 0.4) is 0 Å². The Kier molecular flexibility index (Phi) is 7.06. The third kappa shape index (κ3) is 4.53. The minimum absolute atomic E-state index is 0.158. The first-order valence-electron chi connectivity index (χ1n) is 14.5. The van der Waals surface area contributed by atoms with Crippen LogP contribution in [0, 0.1) is 0 Å². The van der Waals surface area contributed by atoms with Crippen LogP contribution in [-0.2, 0) is 20.9 Å². The Morgan fingerprint density at radius 1 is 0.556 bits per heavy atom. The number of β-lactam (4-membered cyclic amide) rings is 2. The quantitative estimate of drug-likeness (QED) is 0.210. The monoisotopic (exact) mass is 603 g/mol. The molecule has 3 aliphatic rings. The third-order valence-electron chi connectivity index (χ3n) is 8.63. The number of methoxy groups -OCH3 is 2. The molecule has 0 spiro atoms. The summed E-state index contributed by atoms with van der Waals surface area (Å²) in [4.78, 5) is 59.4. The van der Waals surface area contributed by atoms with Crippen molar-refractivity contribution in [3.8, 4) is 11.5 Å². The van der Waals surface area contributed by atoms with Gasteiger partial charge < -0.3 is 24.0 Å². The van der Waals surface area contributed by atoms with E-state index in [0.29, 0.717) is 22.9 Å². The largest absolute Gasteiger partial charge is 0.497 e. The molecule has 0 aromatic heterocycles. The number of ether oxygens (including phenoxy) is 3. The maximum atomic E-state index is 14.1. The second-order valence-electron chi connectivity index (χ2n) is 11.0. The van der Waals surface area contributed by atoms with Gasteiger partial charge in [0.05, 0.1) is 44.0 Å². The highest BCUT2D eigenvalue weighted by molar-refractivity contribution is 6.25. The predicted molar refractivity (Wildman–Crippen MR) is 164 cm³/mol. The Hall–Kier alpha value is -5.48. The molecule has 10 nitrogen and oxygen atoms in total. The van der Waals surface area contributed by atoms with Gasteiger partial charge in [0.2, 0.25) is 0 Å². The van der Waals surface area contributed by atoms with Gasteiger partial charge in [-0.3, -0.25) is 24.1 Å². The molecule has 3 heterocycles. The van der Waals surface area contributed by atoms with Crippen LogP contribution in [0.25, 0.3) is 0 Å². The lowest BCUT2D eigenvalue weighted by atomic mass is 9.78. The molecule has 4 atom stereocenters.